The van der Waals surface area contributed by atoms with E-state index in [2.05, 4.69) is 71.2 Å². The van der Waals surface area contributed by atoms with Crippen molar-refractivity contribution >= 4 is 5.91 Å². The van der Waals surface area contributed by atoms with E-state index in [1.165, 1.54) is 12.0 Å². The van der Waals surface area contributed by atoms with Crippen LogP contribution in [-0.2, 0) is 15.7 Å². The van der Waals surface area contributed by atoms with Crippen LogP contribution in [0.25, 0.3) is 0 Å². The van der Waals surface area contributed by atoms with Crippen molar-refractivity contribution in [1.82, 2.24) is 20.1 Å². The van der Waals surface area contributed by atoms with Crippen molar-refractivity contribution in [2.45, 2.75) is 82.7 Å². The molecule has 3 atom stereocenters. The topological polar surface area (TPSA) is 59.8 Å². The molecule has 160 valence electrons. The number of rotatable bonds is 6. The van der Waals surface area contributed by atoms with Crippen molar-refractivity contribution < 1.29 is 4.79 Å². The fraction of sp³-hybridized carbons (Fsp3) is 0.640. The van der Waals surface area contributed by atoms with Crippen LogP contribution in [0.5, 0.6) is 0 Å². The third-order valence-corrected chi connectivity index (χ3v) is 8.17. The zero-order chi connectivity index (χ0) is 21.0. The molecular formula is C25H34N4O. The summed E-state index contributed by atoms with van der Waals surface area (Å²) in [6.45, 7) is 6.71. The van der Waals surface area contributed by atoms with Gasteiger partial charge in [0.2, 0.25) is 5.91 Å². The SMILES string of the molecule is CC(CC(C)(C)c1ccccc1)NC(=O)C12CC3CC(C1)CC(n1cncn1)(C3)C2. The monoisotopic (exact) mass is 406 g/mol. The first kappa shape index (κ1) is 19.8. The molecule has 1 N–H and O–H groups in total. The van der Waals surface area contributed by atoms with Crippen LogP contribution >= 0.6 is 0 Å². The van der Waals surface area contributed by atoms with Crippen molar-refractivity contribution in [3.05, 3.63) is 48.5 Å². The van der Waals surface area contributed by atoms with E-state index in [4.69, 9.17) is 0 Å². The van der Waals surface area contributed by atoms with Gasteiger partial charge in [0.05, 0.1) is 11.0 Å². The Morgan fingerprint density at radius 3 is 2.53 bits per heavy atom. The van der Waals surface area contributed by atoms with Gasteiger partial charge in [-0.2, -0.15) is 5.10 Å². The third-order valence-electron chi connectivity index (χ3n) is 8.17. The van der Waals surface area contributed by atoms with E-state index in [1.807, 2.05) is 6.33 Å². The fourth-order valence-electron chi connectivity index (χ4n) is 7.40. The lowest BCUT2D eigenvalue weighted by molar-refractivity contribution is -0.156. The zero-order valence-electron chi connectivity index (χ0n) is 18.5. The molecule has 5 heteroatoms. The average Bonchev–Trinajstić information content (AvgIpc) is 3.23. The van der Waals surface area contributed by atoms with Gasteiger partial charge < -0.3 is 5.32 Å². The summed E-state index contributed by atoms with van der Waals surface area (Å²) in [5.41, 5.74) is 1.11. The number of nitrogens with one attached hydrogen (secondary N) is 1. The molecule has 3 unspecified atom stereocenters. The van der Waals surface area contributed by atoms with E-state index >= 15 is 0 Å². The first-order chi connectivity index (χ1) is 14.3. The molecule has 0 radical (unpaired) electrons. The lowest BCUT2D eigenvalue weighted by atomic mass is 9.46. The van der Waals surface area contributed by atoms with E-state index in [-0.39, 0.29) is 28.3 Å². The Morgan fingerprint density at radius 2 is 1.90 bits per heavy atom. The zero-order valence-corrected chi connectivity index (χ0v) is 18.5. The van der Waals surface area contributed by atoms with Crippen LogP contribution in [0.4, 0.5) is 0 Å². The van der Waals surface area contributed by atoms with Gasteiger partial charge in [-0.15, -0.1) is 0 Å². The van der Waals surface area contributed by atoms with Crippen molar-refractivity contribution in [2.75, 3.05) is 0 Å². The maximum absolute atomic E-state index is 13.7. The highest BCUT2D eigenvalue weighted by atomic mass is 16.2. The number of amides is 1. The fourth-order valence-corrected chi connectivity index (χ4v) is 7.40. The number of nitrogens with zero attached hydrogens (tertiary/aromatic N) is 3. The minimum absolute atomic E-state index is 0.00945. The van der Waals surface area contributed by atoms with Gasteiger partial charge in [-0.05, 0) is 74.7 Å². The molecule has 4 fully saturated rings. The van der Waals surface area contributed by atoms with E-state index in [0.29, 0.717) is 11.8 Å². The normalized spacial score (nSPS) is 33.4. The maximum Gasteiger partial charge on any atom is 0.226 e. The van der Waals surface area contributed by atoms with Crippen LogP contribution in [0.2, 0.25) is 0 Å². The molecule has 0 spiro atoms. The molecular weight excluding hydrogens is 372 g/mol. The van der Waals surface area contributed by atoms with Crippen molar-refractivity contribution in [2.24, 2.45) is 17.3 Å². The van der Waals surface area contributed by atoms with Crippen molar-refractivity contribution in [3.63, 3.8) is 0 Å². The Kier molecular flexibility index (Phi) is 4.57. The molecule has 0 saturated heterocycles. The Balaban J connectivity index is 1.32. The predicted molar refractivity (Wildman–Crippen MR) is 117 cm³/mol. The summed E-state index contributed by atoms with van der Waals surface area (Å²) >= 11 is 0. The van der Waals surface area contributed by atoms with E-state index < -0.39 is 0 Å². The number of carbonyl (C=O) groups excluding carboxylic acids is 1. The van der Waals surface area contributed by atoms with Crippen LogP contribution in [-0.4, -0.2) is 26.7 Å². The Labute approximate surface area is 179 Å². The number of hydrogen-bond donors (Lipinski definition) is 1. The molecule has 30 heavy (non-hydrogen) atoms. The van der Waals surface area contributed by atoms with Crippen LogP contribution in [0.1, 0.15) is 71.3 Å². The second kappa shape index (κ2) is 6.93. The van der Waals surface area contributed by atoms with Gasteiger partial charge in [0.15, 0.2) is 0 Å². The molecule has 1 aromatic carbocycles. The summed E-state index contributed by atoms with van der Waals surface area (Å²) in [6.07, 6.45) is 11.0. The summed E-state index contributed by atoms with van der Waals surface area (Å²) in [6, 6.07) is 10.8. The third kappa shape index (κ3) is 3.27. The van der Waals surface area contributed by atoms with Gasteiger partial charge in [0.25, 0.3) is 0 Å². The second-order valence-electron chi connectivity index (χ2n) is 11.1. The molecule has 4 saturated carbocycles. The molecule has 1 heterocycles. The summed E-state index contributed by atoms with van der Waals surface area (Å²) in [7, 11) is 0. The highest BCUT2D eigenvalue weighted by Crippen LogP contribution is 2.64. The van der Waals surface area contributed by atoms with E-state index in [9.17, 15) is 4.79 Å². The molecule has 4 bridgehead atoms. The lowest BCUT2D eigenvalue weighted by Gasteiger charge is -2.61. The predicted octanol–water partition coefficient (Wildman–Crippen LogP) is 4.45. The maximum atomic E-state index is 13.7. The van der Waals surface area contributed by atoms with Gasteiger partial charge in [-0.3, -0.25) is 4.79 Å². The average molecular weight is 407 g/mol. The summed E-state index contributed by atoms with van der Waals surface area (Å²) in [5, 5.41) is 7.95. The Bertz CT molecular complexity index is 890. The molecule has 1 aromatic heterocycles. The molecule has 4 aliphatic rings. The van der Waals surface area contributed by atoms with Gasteiger partial charge in [-0.1, -0.05) is 44.2 Å². The Hall–Kier alpha value is -2.17. The first-order valence-corrected chi connectivity index (χ1v) is 11.5. The van der Waals surface area contributed by atoms with Crippen LogP contribution in [0, 0.1) is 17.3 Å². The van der Waals surface area contributed by atoms with E-state index in [1.54, 1.807) is 6.33 Å². The first-order valence-electron chi connectivity index (χ1n) is 11.5. The standard InChI is InChI=1S/C25H34N4O/c1-18(10-23(2,3)21-7-5-4-6-8-21)28-22(30)24-11-19-9-20(12-24)14-25(13-19,15-24)29-17-26-16-27-29/h4-8,16-20H,9-15H2,1-3H3,(H,28,30). The molecule has 1 amide bonds. The van der Waals surface area contributed by atoms with Gasteiger partial charge in [0, 0.05) is 6.04 Å². The second-order valence-corrected chi connectivity index (χ2v) is 11.1. The van der Waals surface area contributed by atoms with Crippen LogP contribution < -0.4 is 5.32 Å². The van der Waals surface area contributed by atoms with Crippen molar-refractivity contribution in [1.29, 1.82) is 0 Å². The smallest absolute Gasteiger partial charge is 0.226 e. The number of benzene rings is 1. The molecule has 2 aromatic rings. The van der Waals surface area contributed by atoms with Crippen LogP contribution in [0.15, 0.2) is 43.0 Å². The highest BCUT2D eigenvalue weighted by molar-refractivity contribution is 5.83. The molecule has 4 aliphatic carbocycles. The summed E-state index contributed by atoms with van der Waals surface area (Å²) in [4.78, 5) is 17.9. The molecule has 0 aliphatic heterocycles. The summed E-state index contributed by atoms with van der Waals surface area (Å²) in [5.74, 6) is 1.55. The quantitative estimate of drug-likeness (QED) is 0.771. The lowest BCUT2D eigenvalue weighted by Crippen LogP contribution is -2.61. The number of carbonyl (C=O) groups is 1. The van der Waals surface area contributed by atoms with Gasteiger partial charge in [-0.25, -0.2) is 9.67 Å². The molecule has 5 nitrogen and oxygen atoms in total. The van der Waals surface area contributed by atoms with E-state index in [0.717, 1.165) is 38.5 Å². The number of hydrogen-bond acceptors (Lipinski definition) is 3. The number of aromatic nitrogens is 3. The van der Waals surface area contributed by atoms with Crippen LogP contribution in [0.3, 0.4) is 0 Å². The van der Waals surface area contributed by atoms with Crippen molar-refractivity contribution in [3.8, 4) is 0 Å². The summed E-state index contributed by atoms with van der Waals surface area (Å²) < 4.78 is 2.08. The highest BCUT2D eigenvalue weighted by Gasteiger charge is 2.61. The molecule has 6 rings (SSSR count). The Morgan fingerprint density at radius 1 is 1.20 bits per heavy atom. The van der Waals surface area contributed by atoms with Gasteiger partial charge in [0.1, 0.15) is 12.7 Å². The largest absolute Gasteiger partial charge is 0.353 e. The minimum atomic E-state index is -0.235. The van der Waals surface area contributed by atoms with Gasteiger partial charge >= 0.3 is 0 Å². The minimum Gasteiger partial charge on any atom is -0.353 e.